The first kappa shape index (κ1) is 21.4. The number of rotatable bonds is 9. The van der Waals surface area contributed by atoms with E-state index in [0.29, 0.717) is 12.6 Å². The van der Waals surface area contributed by atoms with Gasteiger partial charge in [0.15, 0.2) is 5.96 Å². The van der Waals surface area contributed by atoms with Crippen molar-refractivity contribution in [3.8, 4) is 0 Å². The molecule has 0 aliphatic carbocycles. The van der Waals surface area contributed by atoms with Crippen LogP contribution in [0.5, 0.6) is 0 Å². The summed E-state index contributed by atoms with van der Waals surface area (Å²) in [5.74, 6) is 1.49. The van der Waals surface area contributed by atoms with Gasteiger partial charge in [-0.1, -0.05) is 38.8 Å². The molecule has 25 heavy (non-hydrogen) atoms. The highest BCUT2D eigenvalue weighted by molar-refractivity contribution is 7.89. The van der Waals surface area contributed by atoms with Gasteiger partial charge in [0.05, 0.1) is 4.90 Å². The Morgan fingerprint density at radius 3 is 2.28 bits per heavy atom. The lowest BCUT2D eigenvalue weighted by Crippen LogP contribution is -2.41. The van der Waals surface area contributed by atoms with E-state index in [0.717, 1.165) is 23.9 Å². The SMILES string of the molecule is CN=C(NCc1ccc(S(=O)(=O)NC)cc1)NC(C)CCCC(C)C. The normalized spacial score (nSPS) is 13.8. The smallest absolute Gasteiger partial charge is 0.240 e. The highest BCUT2D eigenvalue weighted by Gasteiger charge is 2.10. The summed E-state index contributed by atoms with van der Waals surface area (Å²) in [5, 5.41) is 6.65. The number of sulfonamides is 1. The molecule has 1 atom stereocenters. The third-order valence-corrected chi connectivity index (χ3v) is 5.42. The highest BCUT2D eigenvalue weighted by atomic mass is 32.2. The lowest BCUT2D eigenvalue weighted by molar-refractivity contribution is 0.491. The van der Waals surface area contributed by atoms with Crippen molar-refractivity contribution >= 4 is 16.0 Å². The van der Waals surface area contributed by atoms with Crippen molar-refractivity contribution in [3.63, 3.8) is 0 Å². The van der Waals surface area contributed by atoms with Crippen LogP contribution < -0.4 is 15.4 Å². The summed E-state index contributed by atoms with van der Waals surface area (Å²) in [6, 6.07) is 7.17. The Balaban J connectivity index is 2.49. The van der Waals surface area contributed by atoms with Gasteiger partial charge >= 0.3 is 0 Å². The first-order valence-corrected chi connectivity index (χ1v) is 10.3. The summed E-state index contributed by atoms with van der Waals surface area (Å²) in [4.78, 5) is 4.51. The molecule has 7 heteroatoms. The molecule has 142 valence electrons. The standard InChI is InChI=1S/C18H32N4O2S/c1-14(2)7-6-8-15(3)22-18(19-4)21-13-16-9-11-17(12-10-16)25(23,24)20-5/h9-12,14-15,20H,6-8,13H2,1-5H3,(H2,19,21,22). The number of benzene rings is 1. The Kier molecular flexibility index (Phi) is 8.92. The van der Waals surface area contributed by atoms with E-state index in [2.05, 4.69) is 41.1 Å². The van der Waals surface area contributed by atoms with E-state index in [9.17, 15) is 8.42 Å². The maximum atomic E-state index is 11.7. The molecule has 0 spiro atoms. The van der Waals surface area contributed by atoms with Crippen LogP contribution in [0.25, 0.3) is 0 Å². The molecule has 1 aromatic carbocycles. The third-order valence-electron chi connectivity index (χ3n) is 3.99. The molecule has 0 bridgehead atoms. The Bertz CT molecular complexity index is 640. The minimum Gasteiger partial charge on any atom is -0.354 e. The maximum Gasteiger partial charge on any atom is 0.240 e. The van der Waals surface area contributed by atoms with E-state index in [1.54, 1.807) is 31.3 Å². The number of hydrogen-bond donors (Lipinski definition) is 3. The minimum atomic E-state index is -3.39. The van der Waals surface area contributed by atoms with E-state index in [1.165, 1.54) is 19.9 Å². The van der Waals surface area contributed by atoms with Crippen LogP contribution in [0, 0.1) is 5.92 Å². The molecule has 1 aromatic rings. The zero-order valence-corrected chi connectivity index (χ0v) is 16.8. The molecule has 0 fully saturated rings. The number of hydrogen-bond acceptors (Lipinski definition) is 3. The van der Waals surface area contributed by atoms with Crippen LogP contribution >= 0.6 is 0 Å². The molecule has 0 saturated heterocycles. The maximum absolute atomic E-state index is 11.7. The van der Waals surface area contributed by atoms with E-state index in [-0.39, 0.29) is 4.90 Å². The summed E-state index contributed by atoms with van der Waals surface area (Å²) in [6.45, 7) is 7.22. The first-order chi connectivity index (χ1) is 11.8. The molecule has 0 saturated carbocycles. The topological polar surface area (TPSA) is 82.6 Å². The zero-order chi connectivity index (χ0) is 18.9. The Labute approximate surface area is 152 Å². The van der Waals surface area contributed by atoms with E-state index < -0.39 is 10.0 Å². The Morgan fingerprint density at radius 1 is 1.12 bits per heavy atom. The van der Waals surface area contributed by atoms with Gasteiger partial charge in [-0.15, -0.1) is 0 Å². The van der Waals surface area contributed by atoms with Crippen molar-refractivity contribution in [1.29, 1.82) is 0 Å². The fraction of sp³-hybridized carbons (Fsp3) is 0.611. The predicted molar refractivity (Wildman–Crippen MR) is 104 cm³/mol. The van der Waals surface area contributed by atoms with Crippen molar-refractivity contribution in [1.82, 2.24) is 15.4 Å². The van der Waals surface area contributed by atoms with Gasteiger partial charge in [-0.2, -0.15) is 0 Å². The molecular weight excluding hydrogens is 336 g/mol. The van der Waals surface area contributed by atoms with Gasteiger partial charge in [-0.25, -0.2) is 13.1 Å². The average molecular weight is 369 g/mol. The zero-order valence-electron chi connectivity index (χ0n) is 16.0. The second-order valence-electron chi connectivity index (χ2n) is 6.65. The second kappa shape index (κ2) is 10.4. The molecule has 0 aromatic heterocycles. The molecule has 0 heterocycles. The van der Waals surface area contributed by atoms with Crippen molar-refractivity contribution < 1.29 is 8.42 Å². The van der Waals surface area contributed by atoms with Crippen molar-refractivity contribution in [2.45, 2.75) is 57.5 Å². The van der Waals surface area contributed by atoms with Gasteiger partial charge in [-0.3, -0.25) is 4.99 Å². The van der Waals surface area contributed by atoms with E-state index >= 15 is 0 Å². The Hall–Kier alpha value is -1.60. The summed E-state index contributed by atoms with van der Waals surface area (Å²) >= 11 is 0. The van der Waals surface area contributed by atoms with Gasteiger partial charge in [0, 0.05) is 19.6 Å². The molecule has 0 amide bonds. The molecule has 3 N–H and O–H groups in total. The molecule has 6 nitrogen and oxygen atoms in total. The van der Waals surface area contributed by atoms with Crippen molar-refractivity contribution in [2.75, 3.05) is 14.1 Å². The fourth-order valence-corrected chi connectivity index (χ4v) is 3.15. The summed E-state index contributed by atoms with van der Waals surface area (Å²) in [6.07, 6.45) is 3.54. The first-order valence-electron chi connectivity index (χ1n) is 8.78. The van der Waals surface area contributed by atoms with Crippen LogP contribution in [0.2, 0.25) is 0 Å². The van der Waals surface area contributed by atoms with Crippen LogP contribution in [-0.4, -0.2) is 34.5 Å². The van der Waals surface area contributed by atoms with E-state index in [4.69, 9.17) is 0 Å². The van der Waals surface area contributed by atoms with Crippen LogP contribution in [0.15, 0.2) is 34.2 Å². The molecule has 0 aliphatic heterocycles. The highest BCUT2D eigenvalue weighted by Crippen LogP contribution is 2.10. The third kappa shape index (κ3) is 7.88. The molecule has 0 radical (unpaired) electrons. The summed E-state index contributed by atoms with van der Waals surface area (Å²) in [7, 11) is -0.234. The van der Waals surface area contributed by atoms with Gasteiger partial charge in [0.2, 0.25) is 10.0 Å². The van der Waals surface area contributed by atoms with E-state index in [1.807, 2.05) is 0 Å². The molecule has 1 unspecified atom stereocenters. The lowest BCUT2D eigenvalue weighted by Gasteiger charge is -2.18. The number of nitrogens with zero attached hydrogens (tertiary/aromatic N) is 1. The quantitative estimate of drug-likeness (QED) is 0.462. The second-order valence-corrected chi connectivity index (χ2v) is 8.53. The lowest BCUT2D eigenvalue weighted by atomic mass is 10.0. The largest absolute Gasteiger partial charge is 0.354 e. The van der Waals surface area contributed by atoms with Gasteiger partial charge in [0.1, 0.15) is 0 Å². The Morgan fingerprint density at radius 2 is 1.76 bits per heavy atom. The minimum absolute atomic E-state index is 0.264. The van der Waals surface area contributed by atoms with Crippen LogP contribution in [0.3, 0.4) is 0 Å². The average Bonchev–Trinajstić information content (AvgIpc) is 2.58. The number of aliphatic imine (C=N–C) groups is 1. The number of guanidine groups is 1. The fourth-order valence-electron chi connectivity index (χ4n) is 2.42. The van der Waals surface area contributed by atoms with Crippen molar-refractivity contribution in [2.24, 2.45) is 10.9 Å². The summed E-state index contributed by atoms with van der Waals surface area (Å²) in [5.41, 5.74) is 0.991. The van der Waals surface area contributed by atoms with Crippen molar-refractivity contribution in [3.05, 3.63) is 29.8 Å². The molecule has 0 aliphatic rings. The van der Waals surface area contributed by atoms with Gasteiger partial charge in [0.25, 0.3) is 0 Å². The van der Waals surface area contributed by atoms with Gasteiger partial charge in [-0.05, 0) is 44.0 Å². The predicted octanol–water partition coefficient (Wildman–Crippen LogP) is 2.47. The van der Waals surface area contributed by atoms with Crippen LogP contribution in [0.1, 0.15) is 45.6 Å². The number of nitrogens with one attached hydrogen (secondary N) is 3. The summed E-state index contributed by atoms with van der Waals surface area (Å²) < 4.78 is 25.7. The molecule has 1 rings (SSSR count). The van der Waals surface area contributed by atoms with Crippen LogP contribution in [0.4, 0.5) is 0 Å². The monoisotopic (exact) mass is 368 g/mol. The van der Waals surface area contributed by atoms with Gasteiger partial charge < -0.3 is 10.6 Å². The van der Waals surface area contributed by atoms with Crippen LogP contribution in [-0.2, 0) is 16.6 Å². The molecular formula is C18H32N4O2S.